The first kappa shape index (κ1) is 14.7. The molecule has 0 amide bonds. The van der Waals surface area contributed by atoms with Gasteiger partial charge in [-0.3, -0.25) is 0 Å². The molecule has 0 aliphatic carbocycles. The van der Waals surface area contributed by atoms with E-state index in [1.165, 1.54) is 24.3 Å². The van der Waals surface area contributed by atoms with Crippen LogP contribution in [0.4, 0.5) is 8.78 Å². The van der Waals surface area contributed by atoms with Crippen molar-refractivity contribution in [2.75, 3.05) is 0 Å². The third-order valence-electron chi connectivity index (χ3n) is 2.64. The van der Waals surface area contributed by atoms with Gasteiger partial charge >= 0.3 is 0 Å². The van der Waals surface area contributed by atoms with Crippen molar-refractivity contribution in [2.45, 2.75) is 6.61 Å². The summed E-state index contributed by atoms with van der Waals surface area (Å²) in [6, 6.07) is 8.95. The Bertz CT molecular complexity index is 664. The molecule has 0 spiro atoms. The highest BCUT2D eigenvalue weighted by molar-refractivity contribution is 7.80. The van der Waals surface area contributed by atoms with Crippen molar-refractivity contribution in [3.63, 3.8) is 0 Å². The Morgan fingerprint density at radius 3 is 2.55 bits per heavy atom. The number of nitrogens with two attached hydrogens (primary N) is 1. The third-order valence-corrected chi connectivity index (χ3v) is 3.16. The highest BCUT2D eigenvalue weighted by atomic mass is 35.5. The van der Waals surface area contributed by atoms with Gasteiger partial charge in [-0.2, -0.15) is 0 Å². The summed E-state index contributed by atoms with van der Waals surface area (Å²) in [6.45, 7) is -0.153. The molecule has 2 aromatic carbocycles. The molecule has 20 heavy (non-hydrogen) atoms. The fraction of sp³-hybridized carbons (Fsp3) is 0.0714. The van der Waals surface area contributed by atoms with Crippen LogP contribution >= 0.6 is 23.8 Å². The minimum atomic E-state index is -0.680. The number of ether oxygens (including phenoxy) is 1. The lowest BCUT2D eigenvalue weighted by molar-refractivity contribution is 0.285. The minimum Gasteiger partial charge on any atom is -0.486 e. The van der Waals surface area contributed by atoms with Crippen LogP contribution in [0, 0.1) is 11.6 Å². The molecule has 0 heterocycles. The van der Waals surface area contributed by atoms with E-state index in [0.717, 1.165) is 0 Å². The Balaban J connectivity index is 2.21. The van der Waals surface area contributed by atoms with Gasteiger partial charge in [0.05, 0.1) is 5.02 Å². The number of thiocarbonyl (C=S) groups is 1. The number of rotatable bonds is 4. The zero-order chi connectivity index (χ0) is 14.7. The average Bonchev–Trinajstić information content (AvgIpc) is 2.41. The SMILES string of the molecule is NC(=S)c1cccc(COc2cccc(Cl)c2F)c1F. The van der Waals surface area contributed by atoms with Gasteiger partial charge in [-0.25, -0.2) is 8.78 Å². The van der Waals surface area contributed by atoms with Crippen LogP contribution in [0.3, 0.4) is 0 Å². The molecule has 0 saturated heterocycles. The van der Waals surface area contributed by atoms with Crippen LogP contribution in [-0.2, 0) is 6.61 Å². The summed E-state index contributed by atoms with van der Waals surface area (Å²) in [5.41, 5.74) is 5.77. The Morgan fingerprint density at radius 2 is 1.85 bits per heavy atom. The second-order valence-electron chi connectivity index (χ2n) is 3.98. The van der Waals surface area contributed by atoms with Crippen molar-refractivity contribution < 1.29 is 13.5 Å². The maximum absolute atomic E-state index is 14.0. The van der Waals surface area contributed by atoms with E-state index >= 15 is 0 Å². The lowest BCUT2D eigenvalue weighted by Gasteiger charge is -2.10. The zero-order valence-corrected chi connectivity index (χ0v) is 11.8. The summed E-state index contributed by atoms with van der Waals surface area (Å²) in [7, 11) is 0. The standard InChI is InChI=1S/C14H10ClF2NOS/c15-10-5-2-6-11(13(10)17)19-7-8-3-1-4-9(12(8)16)14(18)20/h1-6H,7H2,(H2,18,20). The van der Waals surface area contributed by atoms with Crippen LogP contribution in [-0.4, -0.2) is 4.99 Å². The van der Waals surface area contributed by atoms with E-state index < -0.39 is 11.6 Å². The van der Waals surface area contributed by atoms with E-state index in [1.54, 1.807) is 12.1 Å². The molecule has 0 radical (unpaired) electrons. The topological polar surface area (TPSA) is 35.2 Å². The molecule has 6 heteroatoms. The summed E-state index contributed by atoms with van der Waals surface area (Å²) in [5, 5.41) is -0.0557. The van der Waals surface area contributed by atoms with Crippen molar-refractivity contribution in [3.05, 3.63) is 64.2 Å². The average molecular weight is 314 g/mol. The highest BCUT2D eigenvalue weighted by Crippen LogP contribution is 2.25. The van der Waals surface area contributed by atoms with Crippen LogP contribution in [0.1, 0.15) is 11.1 Å². The fourth-order valence-electron chi connectivity index (χ4n) is 1.63. The molecule has 104 valence electrons. The monoisotopic (exact) mass is 313 g/mol. The molecule has 0 fully saturated rings. The number of hydrogen-bond acceptors (Lipinski definition) is 2. The van der Waals surface area contributed by atoms with Crippen LogP contribution in [0.15, 0.2) is 36.4 Å². The maximum Gasteiger partial charge on any atom is 0.183 e. The highest BCUT2D eigenvalue weighted by Gasteiger charge is 2.12. The van der Waals surface area contributed by atoms with Crippen molar-refractivity contribution in [1.82, 2.24) is 0 Å². The second-order valence-corrected chi connectivity index (χ2v) is 4.83. The predicted molar refractivity (Wildman–Crippen MR) is 78.0 cm³/mol. The van der Waals surface area contributed by atoms with Gasteiger partial charge in [0.25, 0.3) is 0 Å². The molecule has 0 unspecified atom stereocenters. The summed E-state index contributed by atoms with van der Waals surface area (Å²) >= 11 is 10.4. The maximum atomic E-state index is 14.0. The molecule has 0 aliphatic rings. The van der Waals surface area contributed by atoms with E-state index in [9.17, 15) is 8.78 Å². The molecule has 2 rings (SSSR count). The zero-order valence-electron chi connectivity index (χ0n) is 10.2. The summed E-state index contributed by atoms with van der Waals surface area (Å²) < 4.78 is 32.9. The first-order valence-electron chi connectivity index (χ1n) is 5.64. The molecule has 0 bridgehead atoms. The third kappa shape index (κ3) is 3.05. The van der Waals surface area contributed by atoms with E-state index in [2.05, 4.69) is 0 Å². The Kier molecular flexibility index (Phi) is 4.52. The lowest BCUT2D eigenvalue weighted by atomic mass is 10.1. The Hall–Kier alpha value is -1.72. The van der Waals surface area contributed by atoms with E-state index in [-0.39, 0.29) is 33.5 Å². The quantitative estimate of drug-likeness (QED) is 0.871. The smallest absolute Gasteiger partial charge is 0.183 e. The molecule has 2 nitrogen and oxygen atoms in total. The van der Waals surface area contributed by atoms with Crippen molar-refractivity contribution in [1.29, 1.82) is 0 Å². The molecular weight excluding hydrogens is 304 g/mol. The number of halogens is 3. The van der Waals surface area contributed by atoms with Gasteiger partial charge in [0, 0.05) is 11.1 Å². The van der Waals surface area contributed by atoms with Crippen LogP contribution in [0.25, 0.3) is 0 Å². The molecule has 0 atom stereocenters. The minimum absolute atomic E-state index is 0.0433. The molecule has 2 aromatic rings. The Morgan fingerprint density at radius 1 is 1.15 bits per heavy atom. The number of benzene rings is 2. The molecule has 0 saturated carbocycles. The van der Waals surface area contributed by atoms with Crippen LogP contribution in [0.5, 0.6) is 5.75 Å². The lowest BCUT2D eigenvalue weighted by Crippen LogP contribution is -2.13. The van der Waals surface area contributed by atoms with Crippen molar-refractivity contribution in [2.24, 2.45) is 5.73 Å². The van der Waals surface area contributed by atoms with E-state index in [4.69, 9.17) is 34.3 Å². The molecule has 0 aliphatic heterocycles. The molecule has 2 N–H and O–H groups in total. The van der Waals surface area contributed by atoms with Gasteiger partial charge in [0.15, 0.2) is 11.6 Å². The van der Waals surface area contributed by atoms with E-state index in [1.807, 2.05) is 0 Å². The summed E-state index contributed by atoms with van der Waals surface area (Å²) in [6.07, 6.45) is 0. The first-order chi connectivity index (χ1) is 9.50. The van der Waals surface area contributed by atoms with Gasteiger partial charge in [0.1, 0.15) is 17.4 Å². The van der Waals surface area contributed by atoms with Crippen molar-refractivity contribution >= 4 is 28.8 Å². The predicted octanol–water partition coefficient (Wildman–Crippen LogP) is 3.83. The van der Waals surface area contributed by atoms with E-state index in [0.29, 0.717) is 0 Å². The van der Waals surface area contributed by atoms with Crippen LogP contribution in [0.2, 0.25) is 5.02 Å². The van der Waals surface area contributed by atoms with Gasteiger partial charge in [-0.1, -0.05) is 42.0 Å². The molecule has 0 aromatic heterocycles. The fourth-order valence-corrected chi connectivity index (χ4v) is 1.96. The first-order valence-corrected chi connectivity index (χ1v) is 6.43. The van der Waals surface area contributed by atoms with Gasteiger partial charge in [-0.15, -0.1) is 0 Å². The largest absolute Gasteiger partial charge is 0.486 e. The summed E-state index contributed by atoms with van der Waals surface area (Å²) in [5.74, 6) is -1.29. The molecular formula is C14H10ClF2NOS. The normalized spacial score (nSPS) is 10.3. The van der Waals surface area contributed by atoms with Gasteiger partial charge in [0.2, 0.25) is 0 Å². The van der Waals surface area contributed by atoms with Gasteiger partial charge in [-0.05, 0) is 18.2 Å². The number of hydrogen-bond donors (Lipinski definition) is 1. The van der Waals surface area contributed by atoms with Gasteiger partial charge < -0.3 is 10.5 Å². The van der Waals surface area contributed by atoms with Crippen molar-refractivity contribution in [3.8, 4) is 5.75 Å². The van der Waals surface area contributed by atoms with Crippen LogP contribution < -0.4 is 10.5 Å². The second kappa shape index (κ2) is 6.15. The Labute approximate surface area is 125 Å². The summed E-state index contributed by atoms with van der Waals surface area (Å²) in [4.78, 5) is -0.0433.